The largest absolute Gasteiger partial charge is 0.363 e. The second kappa shape index (κ2) is 5.92. The maximum absolute atomic E-state index is 5.36. The number of likely N-dealkylation sites (N-methyl/N-ethyl adjacent to an activating group) is 1. The van der Waals surface area contributed by atoms with Gasteiger partial charge in [0, 0.05) is 13.1 Å². The first-order valence-electron chi connectivity index (χ1n) is 4.67. The van der Waals surface area contributed by atoms with Crippen LogP contribution in [0.15, 0.2) is 23.8 Å². The standard InChI is InChI=1S/C11H19NS/c1-6-9(4)10(5)11(13)12(7-2)8-3/h6H,1,7-8H2,2-5H3/b10-9-. The van der Waals surface area contributed by atoms with Crippen LogP contribution in [-0.2, 0) is 0 Å². The van der Waals surface area contributed by atoms with Crippen molar-refractivity contribution in [2.45, 2.75) is 27.7 Å². The van der Waals surface area contributed by atoms with E-state index >= 15 is 0 Å². The first-order valence-corrected chi connectivity index (χ1v) is 5.08. The summed E-state index contributed by atoms with van der Waals surface area (Å²) in [6.07, 6.45) is 1.85. The summed E-state index contributed by atoms with van der Waals surface area (Å²) in [7, 11) is 0. The highest BCUT2D eigenvalue weighted by Gasteiger charge is 2.07. The lowest BCUT2D eigenvalue weighted by atomic mass is 10.1. The van der Waals surface area contributed by atoms with Gasteiger partial charge in [0.1, 0.15) is 4.99 Å². The molecule has 0 atom stereocenters. The number of allylic oxidation sites excluding steroid dienone is 2. The van der Waals surface area contributed by atoms with E-state index in [4.69, 9.17) is 12.2 Å². The molecule has 0 aromatic carbocycles. The predicted molar refractivity (Wildman–Crippen MR) is 64.1 cm³/mol. The van der Waals surface area contributed by atoms with Crippen molar-refractivity contribution in [3.63, 3.8) is 0 Å². The van der Waals surface area contributed by atoms with Gasteiger partial charge >= 0.3 is 0 Å². The van der Waals surface area contributed by atoms with E-state index in [1.165, 1.54) is 0 Å². The van der Waals surface area contributed by atoms with E-state index in [0.29, 0.717) is 0 Å². The average molecular weight is 197 g/mol. The van der Waals surface area contributed by atoms with Gasteiger partial charge in [0.2, 0.25) is 0 Å². The van der Waals surface area contributed by atoms with Crippen LogP contribution >= 0.6 is 12.2 Å². The van der Waals surface area contributed by atoms with Crippen LogP contribution in [0, 0.1) is 0 Å². The zero-order chi connectivity index (χ0) is 10.4. The zero-order valence-corrected chi connectivity index (χ0v) is 9.87. The van der Waals surface area contributed by atoms with Crippen LogP contribution in [0.1, 0.15) is 27.7 Å². The van der Waals surface area contributed by atoms with E-state index < -0.39 is 0 Å². The average Bonchev–Trinajstić information content (AvgIpc) is 2.17. The van der Waals surface area contributed by atoms with Crippen molar-refractivity contribution in [2.24, 2.45) is 0 Å². The smallest absolute Gasteiger partial charge is 0.105 e. The lowest BCUT2D eigenvalue weighted by Gasteiger charge is -2.22. The molecule has 0 saturated carbocycles. The Balaban J connectivity index is 4.68. The summed E-state index contributed by atoms with van der Waals surface area (Å²) in [5.41, 5.74) is 2.32. The minimum Gasteiger partial charge on any atom is -0.363 e. The summed E-state index contributed by atoms with van der Waals surface area (Å²) in [6, 6.07) is 0. The molecule has 0 aliphatic rings. The number of rotatable bonds is 4. The van der Waals surface area contributed by atoms with E-state index in [2.05, 4.69) is 32.3 Å². The molecule has 0 aliphatic heterocycles. The molecule has 0 rings (SSSR count). The van der Waals surface area contributed by atoms with E-state index in [9.17, 15) is 0 Å². The van der Waals surface area contributed by atoms with Gasteiger partial charge in [-0.15, -0.1) is 0 Å². The van der Waals surface area contributed by atoms with E-state index in [0.717, 1.165) is 29.2 Å². The van der Waals surface area contributed by atoms with Gasteiger partial charge in [0.15, 0.2) is 0 Å². The molecule has 0 bridgehead atoms. The molecular formula is C11H19NS. The fourth-order valence-corrected chi connectivity index (χ4v) is 1.49. The van der Waals surface area contributed by atoms with Crippen molar-refractivity contribution in [3.05, 3.63) is 23.8 Å². The Hall–Kier alpha value is -0.630. The molecule has 0 heterocycles. The molecule has 0 saturated heterocycles. The molecule has 13 heavy (non-hydrogen) atoms. The van der Waals surface area contributed by atoms with Gasteiger partial charge in [-0.3, -0.25) is 0 Å². The molecule has 0 radical (unpaired) electrons. The Morgan fingerprint density at radius 1 is 1.31 bits per heavy atom. The van der Waals surface area contributed by atoms with Crippen molar-refractivity contribution >= 4 is 17.2 Å². The van der Waals surface area contributed by atoms with Gasteiger partial charge in [0.25, 0.3) is 0 Å². The summed E-state index contributed by atoms with van der Waals surface area (Å²) in [4.78, 5) is 3.12. The first-order chi connectivity index (χ1) is 6.08. The lowest BCUT2D eigenvalue weighted by Crippen LogP contribution is -2.29. The third-order valence-corrected chi connectivity index (χ3v) is 2.83. The van der Waals surface area contributed by atoms with Crippen LogP contribution in [-0.4, -0.2) is 23.0 Å². The summed E-state index contributed by atoms with van der Waals surface area (Å²) < 4.78 is 0. The quantitative estimate of drug-likeness (QED) is 0.387. The van der Waals surface area contributed by atoms with Crippen LogP contribution in [0.25, 0.3) is 0 Å². The number of nitrogens with zero attached hydrogens (tertiary/aromatic N) is 1. The monoisotopic (exact) mass is 197 g/mol. The van der Waals surface area contributed by atoms with Crippen molar-refractivity contribution in [3.8, 4) is 0 Å². The highest BCUT2D eigenvalue weighted by molar-refractivity contribution is 7.80. The molecule has 0 aromatic rings. The van der Waals surface area contributed by atoms with Gasteiger partial charge in [0.05, 0.1) is 0 Å². The lowest BCUT2D eigenvalue weighted by molar-refractivity contribution is 0.473. The fourth-order valence-electron chi connectivity index (χ4n) is 1.07. The van der Waals surface area contributed by atoms with Crippen LogP contribution < -0.4 is 0 Å². The molecule has 0 spiro atoms. The van der Waals surface area contributed by atoms with Crippen LogP contribution in [0.4, 0.5) is 0 Å². The highest BCUT2D eigenvalue weighted by Crippen LogP contribution is 2.09. The molecular weight excluding hydrogens is 178 g/mol. The normalized spacial score (nSPS) is 12.0. The van der Waals surface area contributed by atoms with Crippen molar-refractivity contribution in [2.75, 3.05) is 13.1 Å². The zero-order valence-electron chi connectivity index (χ0n) is 9.05. The molecule has 2 heteroatoms. The number of hydrogen-bond donors (Lipinski definition) is 0. The minimum atomic E-state index is 0.947. The van der Waals surface area contributed by atoms with Gasteiger partial charge in [-0.05, 0) is 38.8 Å². The molecule has 1 nitrogen and oxygen atoms in total. The fraction of sp³-hybridized carbons (Fsp3) is 0.545. The summed E-state index contributed by atoms with van der Waals surface area (Å²) in [5.74, 6) is 0. The molecule has 0 unspecified atom stereocenters. The SMILES string of the molecule is C=C/C(C)=C(/C)C(=S)N(CC)CC. The Morgan fingerprint density at radius 2 is 1.77 bits per heavy atom. The Kier molecular flexibility index (Phi) is 5.63. The van der Waals surface area contributed by atoms with Gasteiger partial charge < -0.3 is 4.90 Å². The molecule has 0 amide bonds. The second-order valence-corrected chi connectivity index (χ2v) is 3.38. The van der Waals surface area contributed by atoms with Crippen molar-refractivity contribution in [1.82, 2.24) is 4.90 Å². The van der Waals surface area contributed by atoms with Crippen LogP contribution in [0.2, 0.25) is 0 Å². The molecule has 0 N–H and O–H groups in total. The molecule has 0 fully saturated rings. The van der Waals surface area contributed by atoms with E-state index in [1.807, 2.05) is 13.0 Å². The molecule has 74 valence electrons. The van der Waals surface area contributed by atoms with E-state index in [1.54, 1.807) is 0 Å². The topological polar surface area (TPSA) is 3.24 Å². The summed E-state index contributed by atoms with van der Waals surface area (Å²) in [5, 5.41) is 0. The van der Waals surface area contributed by atoms with Crippen molar-refractivity contribution in [1.29, 1.82) is 0 Å². The maximum Gasteiger partial charge on any atom is 0.105 e. The first kappa shape index (κ1) is 12.4. The molecule has 0 aromatic heterocycles. The Morgan fingerprint density at radius 3 is 2.08 bits per heavy atom. The van der Waals surface area contributed by atoms with Gasteiger partial charge in [-0.2, -0.15) is 0 Å². The third-order valence-electron chi connectivity index (χ3n) is 2.27. The Bertz CT molecular complexity index is 224. The van der Waals surface area contributed by atoms with E-state index in [-0.39, 0.29) is 0 Å². The van der Waals surface area contributed by atoms with Gasteiger partial charge in [-0.1, -0.05) is 24.9 Å². The van der Waals surface area contributed by atoms with Crippen molar-refractivity contribution < 1.29 is 0 Å². The Labute approximate surface area is 87.1 Å². The predicted octanol–water partition coefficient (Wildman–Crippen LogP) is 3.18. The third kappa shape index (κ3) is 3.31. The number of hydrogen-bond acceptors (Lipinski definition) is 1. The van der Waals surface area contributed by atoms with Crippen LogP contribution in [0.5, 0.6) is 0 Å². The maximum atomic E-state index is 5.36. The molecule has 0 aliphatic carbocycles. The highest BCUT2D eigenvalue weighted by atomic mass is 32.1. The van der Waals surface area contributed by atoms with Gasteiger partial charge in [-0.25, -0.2) is 0 Å². The minimum absolute atomic E-state index is 0.947. The second-order valence-electron chi connectivity index (χ2n) is 2.99. The number of thiocarbonyl (C=S) groups is 1. The van der Waals surface area contributed by atoms with Crippen LogP contribution in [0.3, 0.4) is 0 Å². The summed E-state index contributed by atoms with van der Waals surface area (Å²) in [6.45, 7) is 14.0. The summed E-state index contributed by atoms with van der Waals surface area (Å²) >= 11 is 5.36.